The van der Waals surface area contributed by atoms with Crippen molar-refractivity contribution in [1.82, 2.24) is 4.90 Å². The lowest BCUT2D eigenvalue weighted by molar-refractivity contribution is -0.138. The fourth-order valence-electron chi connectivity index (χ4n) is 4.13. The summed E-state index contributed by atoms with van der Waals surface area (Å²) >= 11 is 0. The lowest BCUT2D eigenvalue weighted by atomic mass is 10.0. The molecule has 208 valence electrons. The van der Waals surface area contributed by atoms with Crippen LogP contribution in [0.5, 0.6) is 5.75 Å². The molecule has 4 rings (SSSR count). The third-order valence-corrected chi connectivity index (χ3v) is 6.03. The van der Waals surface area contributed by atoms with Gasteiger partial charge in [0.15, 0.2) is 5.96 Å². The Morgan fingerprint density at radius 3 is 2.02 bits per heavy atom. The van der Waals surface area contributed by atoms with Crippen molar-refractivity contribution in [1.29, 1.82) is 5.41 Å². The number of fused-ring (bicyclic) bond motifs is 1. The zero-order valence-electron chi connectivity index (χ0n) is 21.7. The van der Waals surface area contributed by atoms with E-state index in [1.54, 1.807) is 84.9 Å². The van der Waals surface area contributed by atoms with E-state index in [9.17, 15) is 24.3 Å². The molecule has 6 N–H and O–H groups in total. The van der Waals surface area contributed by atoms with Crippen LogP contribution in [0.1, 0.15) is 31.8 Å². The molecule has 0 saturated heterocycles. The first kappa shape index (κ1) is 28.3. The van der Waals surface area contributed by atoms with Crippen molar-refractivity contribution in [3.63, 3.8) is 0 Å². The number of ether oxygens (including phenoxy) is 1. The van der Waals surface area contributed by atoms with Gasteiger partial charge in [-0.3, -0.25) is 19.8 Å². The largest absolute Gasteiger partial charge is 0.481 e. The van der Waals surface area contributed by atoms with Gasteiger partial charge in [-0.1, -0.05) is 36.4 Å². The summed E-state index contributed by atoms with van der Waals surface area (Å²) in [5, 5.41) is 29.6. The standard InChI is InChI=1S/C30H26N4O7/c31-30(32)33-24-10-7-20(8-11-24)29(40)41-25-12-9-21-14-23(6-5-22(21)15-25)28(39)34(17-27(37)38)16-19-3-1-18(2-4-19)13-26(35)36/h1-12,14-15H,13,16-17H2,(H,35,36)(H,37,38)(H4,31,32,33). The molecule has 4 aromatic carbocycles. The van der Waals surface area contributed by atoms with Crippen LogP contribution in [0, 0.1) is 5.41 Å². The monoisotopic (exact) mass is 554 g/mol. The van der Waals surface area contributed by atoms with Crippen LogP contribution in [-0.2, 0) is 22.6 Å². The Morgan fingerprint density at radius 2 is 1.39 bits per heavy atom. The molecule has 11 heteroatoms. The van der Waals surface area contributed by atoms with Crippen molar-refractivity contribution >= 4 is 46.2 Å². The number of aliphatic carboxylic acids is 2. The van der Waals surface area contributed by atoms with Gasteiger partial charge in [-0.2, -0.15) is 0 Å². The first-order valence-corrected chi connectivity index (χ1v) is 12.3. The van der Waals surface area contributed by atoms with Crippen LogP contribution in [0.2, 0.25) is 0 Å². The number of carbonyl (C=O) groups is 4. The van der Waals surface area contributed by atoms with Gasteiger partial charge in [-0.15, -0.1) is 0 Å². The fourth-order valence-corrected chi connectivity index (χ4v) is 4.13. The van der Waals surface area contributed by atoms with Gasteiger partial charge in [-0.25, -0.2) is 4.79 Å². The van der Waals surface area contributed by atoms with Gasteiger partial charge >= 0.3 is 17.9 Å². The van der Waals surface area contributed by atoms with Crippen LogP contribution in [0.15, 0.2) is 84.9 Å². The molecule has 0 aromatic heterocycles. The van der Waals surface area contributed by atoms with Gasteiger partial charge < -0.3 is 30.9 Å². The third-order valence-electron chi connectivity index (χ3n) is 6.03. The summed E-state index contributed by atoms with van der Waals surface area (Å²) in [5.41, 5.74) is 7.69. The van der Waals surface area contributed by atoms with E-state index in [0.29, 0.717) is 38.9 Å². The summed E-state index contributed by atoms with van der Waals surface area (Å²) in [7, 11) is 0. The Bertz CT molecular complexity index is 1630. The van der Waals surface area contributed by atoms with Gasteiger partial charge in [0.1, 0.15) is 12.3 Å². The SMILES string of the molecule is N=C(N)Nc1ccc(C(=O)Oc2ccc3cc(C(=O)N(CC(=O)O)Cc4ccc(CC(=O)O)cc4)ccc3c2)cc1. The first-order chi connectivity index (χ1) is 19.6. The van der Waals surface area contributed by atoms with E-state index in [2.05, 4.69) is 5.32 Å². The Labute approximate surface area is 234 Å². The van der Waals surface area contributed by atoms with Gasteiger partial charge in [0.2, 0.25) is 0 Å². The van der Waals surface area contributed by atoms with Crippen molar-refractivity contribution in [3.8, 4) is 5.75 Å². The number of carboxylic acids is 2. The van der Waals surface area contributed by atoms with Crippen LogP contribution < -0.4 is 15.8 Å². The maximum Gasteiger partial charge on any atom is 0.343 e. The number of hydrogen-bond donors (Lipinski definition) is 5. The average molecular weight is 555 g/mol. The van der Waals surface area contributed by atoms with E-state index in [1.807, 2.05) is 0 Å². The highest BCUT2D eigenvalue weighted by atomic mass is 16.5. The molecule has 0 heterocycles. The molecular weight excluding hydrogens is 528 g/mol. The second kappa shape index (κ2) is 12.4. The van der Waals surface area contributed by atoms with Crippen LogP contribution in [0.4, 0.5) is 5.69 Å². The summed E-state index contributed by atoms with van der Waals surface area (Å²) in [6, 6.07) is 22.7. The lowest BCUT2D eigenvalue weighted by Crippen LogP contribution is -2.35. The second-order valence-electron chi connectivity index (χ2n) is 9.17. The maximum atomic E-state index is 13.3. The van der Waals surface area contributed by atoms with Crippen LogP contribution in [-0.4, -0.2) is 51.4 Å². The van der Waals surface area contributed by atoms with E-state index >= 15 is 0 Å². The molecule has 0 unspecified atom stereocenters. The van der Waals surface area contributed by atoms with Crippen molar-refractivity contribution in [2.75, 3.05) is 11.9 Å². The summed E-state index contributed by atoms with van der Waals surface area (Å²) in [5.74, 6) is -3.12. The summed E-state index contributed by atoms with van der Waals surface area (Å²) in [6.45, 7) is -0.494. The maximum absolute atomic E-state index is 13.3. The minimum atomic E-state index is -1.17. The number of rotatable bonds is 10. The normalized spacial score (nSPS) is 10.5. The van der Waals surface area contributed by atoms with Gasteiger partial charge in [-0.05, 0) is 70.4 Å². The predicted molar refractivity (Wildman–Crippen MR) is 151 cm³/mol. The summed E-state index contributed by atoms with van der Waals surface area (Å²) in [6.07, 6.45) is -0.136. The van der Waals surface area contributed by atoms with Crippen molar-refractivity contribution in [2.24, 2.45) is 5.73 Å². The number of guanidine groups is 1. The fraction of sp³-hybridized carbons (Fsp3) is 0.100. The molecule has 0 aliphatic heterocycles. The highest BCUT2D eigenvalue weighted by Crippen LogP contribution is 2.24. The molecule has 0 spiro atoms. The van der Waals surface area contributed by atoms with Crippen LogP contribution in [0.25, 0.3) is 10.8 Å². The molecule has 1 amide bonds. The number of benzene rings is 4. The van der Waals surface area contributed by atoms with Gasteiger partial charge in [0.25, 0.3) is 5.91 Å². The summed E-state index contributed by atoms with van der Waals surface area (Å²) < 4.78 is 5.49. The number of carbonyl (C=O) groups excluding carboxylic acids is 2. The molecule has 0 bridgehead atoms. The molecule has 0 aliphatic carbocycles. The number of nitrogens with one attached hydrogen (secondary N) is 2. The van der Waals surface area contributed by atoms with E-state index in [0.717, 1.165) is 0 Å². The van der Waals surface area contributed by atoms with Crippen molar-refractivity contribution in [2.45, 2.75) is 13.0 Å². The number of amides is 1. The van der Waals surface area contributed by atoms with Crippen LogP contribution in [0.3, 0.4) is 0 Å². The number of hydrogen-bond acceptors (Lipinski definition) is 6. The van der Waals surface area contributed by atoms with E-state index in [1.165, 1.54) is 4.90 Å². The van der Waals surface area contributed by atoms with Crippen molar-refractivity contribution in [3.05, 3.63) is 107 Å². The minimum Gasteiger partial charge on any atom is -0.481 e. The molecule has 41 heavy (non-hydrogen) atoms. The molecule has 4 aromatic rings. The number of esters is 1. The third kappa shape index (κ3) is 7.67. The molecular formula is C30H26N4O7. The highest BCUT2D eigenvalue weighted by Gasteiger charge is 2.20. The molecule has 0 radical (unpaired) electrons. The molecule has 0 aliphatic rings. The molecule has 0 fully saturated rings. The lowest BCUT2D eigenvalue weighted by Gasteiger charge is -2.21. The molecule has 0 atom stereocenters. The average Bonchev–Trinajstić information content (AvgIpc) is 2.92. The van der Waals surface area contributed by atoms with Gasteiger partial charge in [0.05, 0.1) is 12.0 Å². The smallest absolute Gasteiger partial charge is 0.343 e. The Morgan fingerprint density at radius 1 is 0.780 bits per heavy atom. The highest BCUT2D eigenvalue weighted by molar-refractivity contribution is 6.00. The second-order valence-corrected chi connectivity index (χ2v) is 9.17. The number of nitrogens with zero attached hydrogens (tertiary/aromatic N) is 1. The number of carboxylic acid groups (broad SMARTS) is 2. The number of anilines is 1. The van der Waals surface area contributed by atoms with E-state index < -0.39 is 30.4 Å². The Kier molecular flexibility index (Phi) is 8.58. The predicted octanol–water partition coefficient (Wildman–Crippen LogP) is 3.72. The first-order valence-electron chi connectivity index (χ1n) is 12.3. The number of nitrogens with two attached hydrogens (primary N) is 1. The van der Waals surface area contributed by atoms with Crippen molar-refractivity contribution < 1.29 is 34.1 Å². The topological polar surface area (TPSA) is 183 Å². The molecule has 11 nitrogen and oxygen atoms in total. The minimum absolute atomic E-state index is 0.0250. The van der Waals surface area contributed by atoms with E-state index in [-0.39, 0.29) is 24.5 Å². The van der Waals surface area contributed by atoms with Crippen LogP contribution >= 0.6 is 0 Å². The van der Waals surface area contributed by atoms with E-state index in [4.69, 9.17) is 21.0 Å². The molecule has 0 saturated carbocycles. The van der Waals surface area contributed by atoms with Gasteiger partial charge in [0, 0.05) is 17.8 Å². The Balaban J connectivity index is 1.48. The summed E-state index contributed by atoms with van der Waals surface area (Å²) in [4.78, 5) is 49.5. The quantitative estimate of drug-likeness (QED) is 0.0844. The Hall–Kier alpha value is -5.71. The zero-order valence-corrected chi connectivity index (χ0v) is 21.7. The zero-order chi connectivity index (χ0) is 29.5.